The molecule has 1 rings (SSSR count). The Bertz CT molecular complexity index is 433. The van der Waals surface area contributed by atoms with E-state index >= 15 is 0 Å². The van der Waals surface area contributed by atoms with Gasteiger partial charge in [0.25, 0.3) is 5.91 Å². The largest absolute Gasteiger partial charge is 0.369 e. The summed E-state index contributed by atoms with van der Waals surface area (Å²) in [5, 5.41) is 16.1. The van der Waals surface area contributed by atoms with Gasteiger partial charge in [0.1, 0.15) is 5.82 Å². The zero-order chi connectivity index (χ0) is 14.8. The molecule has 0 unspecified atom stereocenters. The normalized spacial score (nSPS) is 9.90. The van der Waals surface area contributed by atoms with Crippen LogP contribution in [0.1, 0.15) is 37.2 Å². The van der Waals surface area contributed by atoms with Crippen LogP contribution in [0.3, 0.4) is 0 Å². The van der Waals surface area contributed by atoms with Gasteiger partial charge in [-0.15, -0.1) is 10.2 Å². The lowest BCUT2D eigenvalue weighted by Gasteiger charge is -2.06. The van der Waals surface area contributed by atoms with Crippen molar-refractivity contribution in [3.63, 3.8) is 0 Å². The fraction of sp³-hybridized carbons (Fsp3) is 0.538. The number of hydrogen-bond donors (Lipinski definition) is 3. The van der Waals surface area contributed by atoms with Gasteiger partial charge in [0.2, 0.25) is 5.91 Å². The van der Waals surface area contributed by atoms with E-state index in [0.717, 1.165) is 13.0 Å². The second-order valence-corrected chi connectivity index (χ2v) is 4.19. The van der Waals surface area contributed by atoms with E-state index in [9.17, 15) is 9.59 Å². The van der Waals surface area contributed by atoms with E-state index in [4.69, 9.17) is 0 Å². The van der Waals surface area contributed by atoms with Crippen LogP contribution in [-0.4, -0.2) is 41.6 Å². The Balaban J connectivity index is 2.37. The molecule has 0 bridgehead atoms. The molecular weight excluding hydrogens is 258 g/mol. The first-order valence-corrected chi connectivity index (χ1v) is 6.79. The maximum atomic E-state index is 11.7. The monoisotopic (exact) mass is 279 g/mol. The van der Waals surface area contributed by atoms with E-state index in [2.05, 4.69) is 33.1 Å². The summed E-state index contributed by atoms with van der Waals surface area (Å²) in [6.45, 7) is 5.58. The van der Waals surface area contributed by atoms with Crippen LogP contribution in [0, 0.1) is 0 Å². The van der Waals surface area contributed by atoms with Crippen LogP contribution in [0.15, 0.2) is 12.1 Å². The Kier molecular flexibility index (Phi) is 7.02. The maximum Gasteiger partial charge on any atom is 0.271 e. The Morgan fingerprint density at radius 2 is 1.90 bits per heavy atom. The molecule has 0 aromatic carbocycles. The highest BCUT2D eigenvalue weighted by Gasteiger charge is 2.08. The first-order valence-electron chi connectivity index (χ1n) is 6.79. The minimum absolute atomic E-state index is 0.0852. The lowest BCUT2D eigenvalue weighted by Crippen LogP contribution is -2.31. The van der Waals surface area contributed by atoms with Gasteiger partial charge in [-0.1, -0.05) is 6.92 Å². The van der Waals surface area contributed by atoms with Crippen LogP contribution in [0.2, 0.25) is 0 Å². The molecule has 1 aromatic heterocycles. The van der Waals surface area contributed by atoms with Gasteiger partial charge in [0, 0.05) is 26.1 Å². The van der Waals surface area contributed by atoms with Gasteiger partial charge in [-0.05, 0) is 25.5 Å². The first kappa shape index (κ1) is 15.9. The number of aromatic nitrogens is 2. The first-order chi connectivity index (χ1) is 9.67. The molecule has 3 N–H and O–H groups in total. The molecule has 20 heavy (non-hydrogen) atoms. The van der Waals surface area contributed by atoms with Gasteiger partial charge in [-0.2, -0.15) is 0 Å². The lowest BCUT2D eigenvalue weighted by atomic mass is 10.3. The highest BCUT2D eigenvalue weighted by Crippen LogP contribution is 2.01. The summed E-state index contributed by atoms with van der Waals surface area (Å²) in [6, 6.07) is 3.31. The molecule has 1 aromatic rings. The standard InChI is InChI=1S/C13H21N5O2/c1-3-8-15-11-6-5-10(17-18-11)13(20)16-9-7-12(19)14-4-2/h5-6H,3-4,7-9H2,1-2H3,(H,14,19)(H,15,18)(H,16,20). The highest BCUT2D eigenvalue weighted by atomic mass is 16.2. The number of nitrogens with zero attached hydrogens (tertiary/aromatic N) is 2. The third-order valence-corrected chi connectivity index (χ3v) is 2.46. The summed E-state index contributed by atoms with van der Waals surface area (Å²) in [5.74, 6) is 0.229. The molecule has 0 saturated heterocycles. The number of carbonyl (C=O) groups excluding carboxylic acids is 2. The number of rotatable bonds is 8. The summed E-state index contributed by atoms with van der Waals surface area (Å²) in [5.41, 5.74) is 0.239. The minimum atomic E-state index is -0.330. The summed E-state index contributed by atoms with van der Waals surface area (Å²) < 4.78 is 0. The van der Waals surface area contributed by atoms with Crippen LogP contribution in [0.5, 0.6) is 0 Å². The van der Waals surface area contributed by atoms with Crippen molar-refractivity contribution in [2.45, 2.75) is 26.7 Å². The summed E-state index contributed by atoms with van der Waals surface area (Å²) >= 11 is 0. The van der Waals surface area contributed by atoms with Crippen molar-refractivity contribution in [3.8, 4) is 0 Å². The van der Waals surface area contributed by atoms with Gasteiger partial charge in [0.15, 0.2) is 5.69 Å². The molecule has 0 atom stereocenters. The molecule has 7 heteroatoms. The number of anilines is 1. The molecule has 0 radical (unpaired) electrons. The molecule has 0 aliphatic heterocycles. The van der Waals surface area contributed by atoms with Crippen molar-refractivity contribution >= 4 is 17.6 Å². The van der Waals surface area contributed by atoms with Crippen molar-refractivity contribution in [2.75, 3.05) is 25.0 Å². The molecule has 0 aliphatic carbocycles. The zero-order valence-electron chi connectivity index (χ0n) is 11.9. The van der Waals surface area contributed by atoms with E-state index in [1.165, 1.54) is 0 Å². The fourth-order valence-corrected chi connectivity index (χ4v) is 1.47. The quantitative estimate of drug-likeness (QED) is 0.646. The van der Waals surface area contributed by atoms with Crippen molar-refractivity contribution in [1.82, 2.24) is 20.8 Å². The van der Waals surface area contributed by atoms with Crippen molar-refractivity contribution in [3.05, 3.63) is 17.8 Å². The molecule has 7 nitrogen and oxygen atoms in total. The minimum Gasteiger partial charge on any atom is -0.369 e. The van der Waals surface area contributed by atoms with Gasteiger partial charge in [0.05, 0.1) is 0 Å². The smallest absolute Gasteiger partial charge is 0.271 e. The Morgan fingerprint density at radius 3 is 2.50 bits per heavy atom. The van der Waals surface area contributed by atoms with Crippen molar-refractivity contribution in [2.24, 2.45) is 0 Å². The van der Waals surface area contributed by atoms with Gasteiger partial charge in [-0.3, -0.25) is 9.59 Å². The predicted octanol–water partition coefficient (Wildman–Crippen LogP) is 0.554. The summed E-state index contributed by atoms with van der Waals surface area (Å²) in [4.78, 5) is 23.0. The SMILES string of the molecule is CCCNc1ccc(C(=O)NCCC(=O)NCC)nn1. The maximum absolute atomic E-state index is 11.7. The number of carbonyl (C=O) groups is 2. The van der Waals surface area contributed by atoms with Crippen molar-refractivity contribution < 1.29 is 9.59 Å². The molecule has 1 heterocycles. The third-order valence-electron chi connectivity index (χ3n) is 2.46. The third kappa shape index (κ3) is 5.64. The van der Waals surface area contributed by atoms with Crippen LogP contribution in [0.4, 0.5) is 5.82 Å². The molecule has 0 fully saturated rings. The average molecular weight is 279 g/mol. The molecule has 0 spiro atoms. The fourth-order valence-electron chi connectivity index (χ4n) is 1.47. The van der Waals surface area contributed by atoms with E-state index in [0.29, 0.717) is 12.4 Å². The Labute approximate surface area is 118 Å². The second kappa shape index (κ2) is 8.84. The Morgan fingerprint density at radius 1 is 1.10 bits per heavy atom. The summed E-state index contributed by atoms with van der Waals surface area (Å²) in [6.07, 6.45) is 1.24. The number of amides is 2. The van der Waals surface area contributed by atoms with Crippen LogP contribution >= 0.6 is 0 Å². The lowest BCUT2D eigenvalue weighted by molar-refractivity contribution is -0.120. The second-order valence-electron chi connectivity index (χ2n) is 4.19. The predicted molar refractivity (Wildman–Crippen MR) is 76.4 cm³/mol. The Hall–Kier alpha value is -2.18. The number of hydrogen-bond acceptors (Lipinski definition) is 5. The van der Waals surface area contributed by atoms with Crippen LogP contribution in [0.25, 0.3) is 0 Å². The van der Waals surface area contributed by atoms with Crippen LogP contribution < -0.4 is 16.0 Å². The van der Waals surface area contributed by atoms with Crippen LogP contribution in [-0.2, 0) is 4.79 Å². The zero-order valence-corrected chi connectivity index (χ0v) is 11.9. The van der Waals surface area contributed by atoms with E-state index < -0.39 is 0 Å². The van der Waals surface area contributed by atoms with E-state index in [1.54, 1.807) is 12.1 Å². The van der Waals surface area contributed by atoms with Gasteiger partial charge in [-0.25, -0.2) is 0 Å². The highest BCUT2D eigenvalue weighted by molar-refractivity contribution is 5.92. The van der Waals surface area contributed by atoms with Gasteiger partial charge < -0.3 is 16.0 Å². The average Bonchev–Trinajstić information content (AvgIpc) is 2.46. The molecular formula is C13H21N5O2. The van der Waals surface area contributed by atoms with E-state index in [-0.39, 0.29) is 30.5 Å². The topological polar surface area (TPSA) is 96.0 Å². The molecule has 0 saturated carbocycles. The van der Waals surface area contributed by atoms with Gasteiger partial charge >= 0.3 is 0 Å². The summed E-state index contributed by atoms with van der Waals surface area (Å²) in [7, 11) is 0. The molecule has 2 amide bonds. The molecule has 110 valence electrons. The molecule has 0 aliphatic rings. The van der Waals surface area contributed by atoms with E-state index in [1.807, 2.05) is 6.92 Å². The number of nitrogens with one attached hydrogen (secondary N) is 3. The van der Waals surface area contributed by atoms with Crippen molar-refractivity contribution in [1.29, 1.82) is 0 Å².